The Morgan fingerprint density at radius 2 is 1.83 bits per heavy atom. The minimum atomic E-state index is -1.69. The van der Waals surface area contributed by atoms with Gasteiger partial charge in [0.25, 0.3) is 0 Å². The molecule has 1 unspecified atom stereocenters. The largest absolute Gasteiger partial charge is 0.481 e. The van der Waals surface area contributed by atoms with E-state index in [0.717, 1.165) is 0 Å². The molecule has 1 heterocycles. The lowest BCUT2D eigenvalue weighted by Gasteiger charge is -2.27. The van der Waals surface area contributed by atoms with Crippen molar-refractivity contribution < 1.29 is 19.1 Å². The number of halogens is 3. The summed E-state index contributed by atoms with van der Waals surface area (Å²) < 4.78 is 14.4. The molecule has 7 heteroatoms. The molecule has 1 aliphatic heterocycles. The number of aliphatic carboxylic acids is 1. The lowest BCUT2D eigenvalue weighted by Crippen LogP contribution is -2.38. The maximum atomic E-state index is 14.4. The van der Waals surface area contributed by atoms with Gasteiger partial charge in [-0.3, -0.25) is 9.59 Å². The SMILES string of the molecule is O=C(O)CC1(c2ccccc2F)C(=O)Nc2cc(Cl)c(Cl)cc21. The van der Waals surface area contributed by atoms with Gasteiger partial charge in [-0.2, -0.15) is 0 Å². The summed E-state index contributed by atoms with van der Waals surface area (Å²) in [6, 6.07) is 8.44. The highest BCUT2D eigenvalue weighted by molar-refractivity contribution is 6.42. The van der Waals surface area contributed by atoms with Gasteiger partial charge in [0.1, 0.15) is 11.2 Å². The number of hydrogen-bond donors (Lipinski definition) is 2. The lowest BCUT2D eigenvalue weighted by molar-refractivity contribution is -0.140. The van der Waals surface area contributed by atoms with Crippen molar-refractivity contribution in [3.05, 3.63) is 63.4 Å². The first-order chi connectivity index (χ1) is 10.9. The van der Waals surface area contributed by atoms with Gasteiger partial charge in [-0.1, -0.05) is 41.4 Å². The first kappa shape index (κ1) is 15.8. The maximum absolute atomic E-state index is 14.4. The van der Waals surface area contributed by atoms with E-state index in [-0.39, 0.29) is 15.6 Å². The van der Waals surface area contributed by atoms with Crippen molar-refractivity contribution in [1.82, 2.24) is 0 Å². The quantitative estimate of drug-likeness (QED) is 0.880. The van der Waals surface area contributed by atoms with Gasteiger partial charge in [0, 0.05) is 11.3 Å². The number of amides is 1. The zero-order valence-corrected chi connectivity index (χ0v) is 13.1. The summed E-state index contributed by atoms with van der Waals surface area (Å²) in [6.07, 6.45) is -0.606. The zero-order valence-electron chi connectivity index (χ0n) is 11.6. The average molecular weight is 354 g/mol. The standard InChI is InChI=1S/C16H10Cl2FNO3/c17-10-5-9-13(6-11(10)18)20-15(23)16(9,7-14(21)22)8-3-1-2-4-12(8)19/h1-6H,7H2,(H,20,23)(H,21,22). The number of carboxylic acid groups (broad SMARTS) is 1. The van der Waals surface area contributed by atoms with Crippen LogP contribution in [0.2, 0.25) is 10.0 Å². The molecule has 0 radical (unpaired) electrons. The van der Waals surface area contributed by atoms with E-state index in [1.807, 2.05) is 0 Å². The van der Waals surface area contributed by atoms with E-state index in [0.29, 0.717) is 11.3 Å². The van der Waals surface area contributed by atoms with Crippen molar-refractivity contribution in [3.8, 4) is 0 Å². The highest BCUT2D eigenvalue weighted by Crippen LogP contribution is 2.48. The Kier molecular flexibility index (Phi) is 3.78. The van der Waals surface area contributed by atoms with Crippen molar-refractivity contribution >= 4 is 40.8 Å². The van der Waals surface area contributed by atoms with E-state index in [4.69, 9.17) is 23.2 Å². The van der Waals surface area contributed by atoms with Crippen LogP contribution in [0.25, 0.3) is 0 Å². The molecule has 1 amide bonds. The number of carboxylic acids is 1. The van der Waals surface area contributed by atoms with Crippen LogP contribution in [0.15, 0.2) is 36.4 Å². The molecule has 3 rings (SSSR count). The van der Waals surface area contributed by atoms with Crippen molar-refractivity contribution in [2.75, 3.05) is 5.32 Å². The Hall–Kier alpha value is -2.11. The topological polar surface area (TPSA) is 66.4 Å². The highest BCUT2D eigenvalue weighted by atomic mass is 35.5. The fourth-order valence-corrected chi connectivity index (χ4v) is 3.25. The number of benzene rings is 2. The molecular weight excluding hydrogens is 344 g/mol. The molecule has 0 fully saturated rings. The molecule has 118 valence electrons. The third-order valence-corrected chi connectivity index (χ3v) is 4.63. The van der Waals surface area contributed by atoms with Crippen LogP contribution in [0.4, 0.5) is 10.1 Å². The Labute approximate surface area is 140 Å². The van der Waals surface area contributed by atoms with E-state index < -0.39 is 29.5 Å². The molecule has 2 aromatic rings. The predicted molar refractivity (Wildman–Crippen MR) is 84.5 cm³/mol. The molecule has 0 aliphatic carbocycles. The second kappa shape index (κ2) is 5.51. The molecule has 0 saturated carbocycles. The van der Waals surface area contributed by atoms with Gasteiger partial charge < -0.3 is 10.4 Å². The maximum Gasteiger partial charge on any atom is 0.305 e. The second-order valence-corrected chi connectivity index (χ2v) is 6.04. The van der Waals surface area contributed by atoms with E-state index in [1.165, 1.54) is 30.3 Å². The van der Waals surface area contributed by atoms with Gasteiger partial charge in [-0.15, -0.1) is 0 Å². The molecular formula is C16H10Cl2FNO3. The van der Waals surface area contributed by atoms with Crippen LogP contribution in [-0.4, -0.2) is 17.0 Å². The van der Waals surface area contributed by atoms with E-state index in [2.05, 4.69) is 5.32 Å². The third-order valence-electron chi connectivity index (χ3n) is 3.91. The van der Waals surface area contributed by atoms with Crippen molar-refractivity contribution in [3.63, 3.8) is 0 Å². The minimum Gasteiger partial charge on any atom is -0.481 e. The Morgan fingerprint density at radius 3 is 2.48 bits per heavy atom. The van der Waals surface area contributed by atoms with E-state index in [9.17, 15) is 19.1 Å². The van der Waals surface area contributed by atoms with Crippen LogP contribution in [0.1, 0.15) is 17.5 Å². The number of nitrogens with one attached hydrogen (secondary N) is 1. The normalized spacial score (nSPS) is 19.3. The fourth-order valence-electron chi connectivity index (χ4n) is 2.93. The summed E-state index contributed by atoms with van der Waals surface area (Å²) in [5, 5.41) is 12.2. The molecule has 1 atom stereocenters. The van der Waals surface area contributed by atoms with Crippen molar-refractivity contribution in [1.29, 1.82) is 0 Å². The summed E-state index contributed by atoms with van der Waals surface area (Å²) in [7, 11) is 0. The number of hydrogen-bond acceptors (Lipinski definition) is 2. The predicted octanol–water partition coefficient (Wildman–Crippen LogP) is 3.85. The molecule has 0 spiro atoms. The van der Waals surface area contributed by atoms with Crippen LogP contribution < -0.4 is 5.32 Å². The van der Waals surface area contributed by atoms with Crippen molar-refractivity contribution in [2.24, 2.45) is 0 Å². The molecule has 2 N–H and O–H groups in total. The first-order valence-electron chi connectivity index (χ1n) is 6.64. The van der Waals surface area contributed by atoms with Gasteiger partial charge in [0.2, 0.25) is 5.91 Å². The first-order valence-corrected chi connectivity index (χ1v) is 7.39. The smallest absolute Gasteiger partial charge is 0.305 e. The summed E-state index contributed by atoms with van der Waals surface area (Å²) in [4.78, 5) is 24.0. The molecule has 0 bridgehead atoms. The number of carbonyl (C=O) groups is 2. The Morgan fingerprint density at radius 1 is 1.17 bits per heavy atom. The Bertz CT molecular complexity index is 840. The zero-order chi connectivity index (χ0) is 16.8. The van der Waals surface area contributed by atoms with Crippen LogP contribution in [0, 0.1) is 5.82 Å². The third kappa shape index (κ3) is 2.36. The van der Waals surface area contributed by atoms with Gasteiger partial charge in [0.05, 0.1) is 16.5 Å². The number of fused-ring (bicyclic) bond motifs is 1. The van der Waals surface area contributed by atoms with Crippen LogP contribution in [0.3, 0.4) is 0 Å². The van der Waals surface area contributed by atoms with Gasteiger partial charge in [0.15, 0.2) is 0 Å². The molecule has 1 aliphatic rings. The average Bonchev–Trinajstić information content (AvgIpc) is 2.73. The number of carbonyl (C=O) groups excluding carboxylic acids is 1. The number of rotatable bonds is 3. The summed E-state index contributed by atoms with van der Waals surface area (Å²) in [5.41, 5.74) is -1.09. The van der Waals surface area contributed by atoms with Gasteiger partial charge >= 0.3 is 5.97 Å². The van der Waals surface area contributed by atoms with Gasteiger partial charge in [-0.25, -0.2) is 4.39 Å². The molecule has 0 saturated heterocycles. The second-order valence-electron chi connectivity index (χ2n) is 5.22. The number of anilines is 1. The summed E-state index contributed by atoms with van der Waals surface area (Å²) >= 11 is 12.0. The molecule has 2 aromatic carbocycles. The molecule has 23 heavy (non-hydrogen) atoms. The van der Waals surface area contributed by atoms with Gasteiger partial charge in [-0.05, 0) is 23.8 Å². The highest BCUT2D eigenvalue weighted by Gasteiger charge is 2.51. The minimum absolute atomic E-state index is 0.0166. The van der Waals surface area contributed by atoms with E-state index in [1.54, 1.807) is 6.07 Å². The molecule has 0 aromatic heterocycles. The monoisotopic (exact) mass is 353 g/mol. The molecule has 4 nitrogen and oxygen atoms in total. The van der Waals surface area contributed by atoms with Crippen molar-refractivity contribution in [2.45, 2.75) is 11.8 Å². The van der Waals surface area contributed by atoms with Crippen LogP contribution >= 0.6 is 23.2 Å². The lowest BCUT2D eigenvalue weighted by atomic mass is 9.72. The van der Waals surface area contributed by atoms with E-state index >= 15 is 0 Å². The van der Waals surface area contributed by atoms with Crippen LogP contribution in [0.5, 0.6) is 0 Å². The summed E-state index contributed by atoms with van der Waals surface area (Å²) in [6.45, 7) is 0. The Balaban J connectivity index is 2.35. The fraction of sp³-hybridized carbons (Fsp3) is 0.125. The van der Waals surface area contributed by atoms with Crippen LogP contribution in [-0.2, 0) is 15.0 Å². The summed E-state index contributed by atoms with van der Waals surface area (Å²) in [5.74, 6) is -2.52.